The average molecular weight is 297 g/mol. The van der Waals surface area contributed by atoms with E-state index in [1.54, 1.807) is 0 Å². The van der Waals surface area contributed by atoms with Gasteiger partial charge < -0.3 is 10.4 Å². The lowest BCUT2D eigenvalue weighted by atomic mass is 9.89. The van der Waals surface area contributed by atoms with Crippen LogP contribution >= 0.6 is 0 Å². The Hall–Kier alpha value is -1.98. The van der Waals surface area contributed by atoms with E-state index in [9.17, 15) is 23.5 Å². The van der Waals surface area contributed by atoms with Crippen LogP contribution < -0.4 is 5.32 Å². The predicted molar refractivity (Wildman–Crippen MR) is 71.9 cm³/mol. The Morgan fingerprint density at radius 1 is 1.05 bits per heavy atom. The van der Waals surface area contributed by atoms with Gasteiger partial charge in [-0.25, -0.2) is 13.6 Å². The minimum atomic E-state index is -1.44. The SMILES string of the molecule is O=C(NC1(C(=O)O)CCCCCC1)c1c(F)cccc1F. The molecule has 0 unspecified atom stereocenters. The second-order valence-electron chi connectivity index (χ2n) is 5.35. The van der Waals surface area contributed by atoms with E-state index in [1.807, 2.05) is 0 Å². The molecule has 4 nitrogen and oxygen atoms in total. The summed E-state index contributed by atoms with van der Waals surface area (Å²) in [6, 6.07) is 3.09. The molecular weight excluding hydrogens is 280 g/mol. The number of amides is 1. The maximum atomic E-state index is 13.6. The normalized spacial score (nSPS) is 17.8. The molecule has 0 spiro atoms. The van der Waals surface area contributed by atoms with Gasteiger partial charge in [0.25, 0.3) is 5.91 Å². The molecule has 1 amide bonds. The number of carboxylic acids is 1. The Bertz CT molecular complexity index is 532. The first kappa shape index (κ1) is 15.4. The molecule has 2 rings (SSSR count). The number of hydrogen-bond donors (Lipinski definition) is 2. The molecular formula is C15H17F2NO3. The van der Waals surface area contributed by atoms with Gasteiger partial charge >= 0.3 is 5.97 Å². The first-order valence-corrected chi connectivity index (χ1v) is 6.96. The van der Waals surface area contributed by atoms with Crippen molar-refractivity contribution in [2.75, 3.05) is 0 Å². The Kier molecular flexibility index (Phi) is 4.55. The Morgan fingerprint density at radius 3 is 2.05 bits per heavy atom. The molecule has 0 atom stereocenters. The molecule has 1 aromatic rings. The highest BCUT2D eigenvalue weighted by Crippen LogP contribution is 2.28. The summed E-state index contributed by atoms with van der Waals surface area (Å²) < 4.78 is 27.2. The van der Waals surface area contributed by atoms with Crippen molar-refractivity contribution in [3.05, 3.63) is 35.4 Å². The summed E-state index contributed by atoms with van der Waals surface area (Å²) in [7, 11) is 0. The van der Waals surface area contributed by atoms with Crippen LogP contribution in [-0.4, -0.2) is 22.5 Å². The molecule has 0 aliphatic heterocycles. The van der Waals surface area contributed by atoms with E-state index in [0.29, 0.717) is 12.8 Å². The van der Waals surface area contributed by atoms with Gasteiger partial charge in [-0.05, 0) is 25.0 Å². The van der Waals surface area contributed by atoms with E-state index in [4.69, 9.17) is 0 Å². The standard InChI is InChI=1S/C15H17F2NO3/c16-10-6-5-7-11(17)12(10)13(19)18-15(14(20)21)8-3-1-2-4-9-15/h5-7H,1-4,8-9H2,(H,18,19)(H,20,21). The minimum absolute atomic E-state index is 0.268. The zero-order chi connectivity index (χ0) is 15.5. The van der Waals surface area contributed by atoms with Crippen LogP contribution in [0.1, 0.15) is 48.9 Å². The zero-order valence-corrected chi connectivity index (χ0v) is 11.5. The number of benzene rings is 1. The lowest BCUT2D eigenvalue weighted by Gasteiger charge is -2.29. The second kappa shape index (κ2) is 6.20. The number of carbonyl (C=O) groups is 2. The van der Waals surface area contributed by atoms with Crippen LogP contribution in [0.5, 0.6) is 0 Å². The largest absolute Gasteiger partial charge is 0.480 e. The Balaban J connectivity index is 2.28. The molecule has 1 aliphatic rings. The summed E-state index contributed by atoms with van der Waals surface area (Å²) in [5.41, 5.74) is -2.18. The molecule has 21 heavy (non-hydrogen) atoms. The van der Waals surface area contributed by atoms with Gasteiger partial charge in [-0.2, -0.15) is 0 Å². The van der Waals surface area contributed by atoms with Crippen molar-refractivity contribution in [2.45, 2.75) is 44.1 Å². The molecule has 0 saturated heterocycles. The second-order valence-corrected chi connectivity index (χ2v) is 5.35. The maximum absolute atomic E-state index is 13.6. The van der Waals surface area contributed by atoms with E-state index >= 15 is 0 Å². The van der Waals surface area contributed by atoms with Crippen LogP contribution in [-0.2, 0) is 4.79 Å². The smallest absolute Gasteiger partial charge is 0.329 e. The third-order valence-corrected chi connectivity index (χ3v) is 3.91. The number of aliphatic carboxylic acids is 1. The number of nitrogens with one attached hydrogen (secondary N) is 1. The summed E-state index contributed by atoms with van der Waals surface area (Å²) in [4.78, 5) is 23.7. The minimum Gasteiger partial charge on any atom is -0.480 e. The Morgan fingerprint density at radius 2 is 1.57 bits per heavy atom. The maximum Gasteiger partial charge on any atom is 0.329 e. The number of halogens is 2. The van der Waals surface area contributed by atoms with Gasteiger partial charge in [-0.1, -0.05) is 31.7 Å². The van der Waals surface area contributed by atoms with Crippen molar-refractivity contribution in [3.63, 3.8) is 0 Å². The molecule has 1 saturated carbocycles. The summed E-state index contributed by atoms with van der Waals surface area (Å²) in [6.45, 7) is 0. The van der Waals surface area contributed by atoms with Crippen LogP contribution in [0.25, 0.3) is 0 Å². The molecule has 1 aromatic carbocycles. The molecule has 0 heterocycles. The topological polar surface area (TPSA) is 66.4 Å². The first-order valence-electron chi connectivity index (χ1n) is 6.96. The third-order valence-electron chi connectivity index (χ3n) is 3.91. The Labute approximate surface area is 121 Å². The lowest BCUT2D eigenvalue weighted by Crippen LogP contribution is -2.54. The fourth-order valence-corrected chi connectivity index (χ4v) is 2.72. The number of carboxylic acid groups (broad SMARTS) is 1. The summed E-state index contributed by atoms with van der Waals surface area (Å²) in [6.07, 6.45) is 3.63. The van der Waals surface area contributed by atoms with Gasteiger partial charge in [0.2, 0.25) is 0 Å². The van der Waals surface area contributed by atoms with Gasteiger partial charge in [-0.3, -0.25) is 4.79 Å². The molecule has 6 heteroatoms. The van der Waals surface area contributed by atoms with Crippen molar-refractivity contribution in [1.82, 2.24) is 5.32 Å². The zero-order valence-electron chi connectivity index (χ0n) is 11.5. The molecule has 0 aromatic heterocycles. The molecule has 0 bridgehead atoms. The lowest BCUT2D eigenvalue weighted by molar-refractivity contribution is -0.145. The quantitative estimate of drug-likeness (QED) is 0.843. The molecule has 1 aliphatic carbocycles. The van der Waals surface area contributed by atoms with E-state index in [2.05, 4.69) is 5.32 Å². The summed E-state index contributed by atoms with van der Waals surface area (Å²) >= 11 is 0. The van der Waals surface area contributed by atoms with E-state index in [-0.39, 0.29) is 12.8 Å². The first-order chi connectivity index (χ1) is 9.96. The van der Waals surface area contributed by atoms with Crippen molar-refractivity contribution < 1.29 is 23.5 Å². The van der Waals surface area contributed by atoms with E-state index in [1.165, 1.54) is 0 Å². The third kappa shape index (κ3) is 3.20. The fraction of sp³-hybridized carbons (Fsp3) is 0.467. The molecule has 1 fully saturated rings. The van der Waals surface area contributed by atoms with Crippen molar-refractivity contribution >= 4 is 11.9 Å². The van der Waals surface area contributed by atoms with Crippen LogP contribution in [0.3, 0.4) is 0 Å². The molecule has 114 valence electrons. The van der Waals surface area contributed by atoms with E-state index in [0.717, 1.165) is 31.0 Å². The molecule has 2 N–H and O–H groups in total. The van der Waals surface area contributed by atoms with E-state index < -0.39 is 34.6 Å². The summed E-state index contributed by atoms with van der Waals surface area (Å²) in [5, 5.41) is 11.8. The van der Waals surface area contributed by atoms with Crippen LogP contribution in [0.2, 0.25) is 0 Å². The van der Waals surface area contributed by atoms with Crippen LogP contribution in [0.4, 0.5) is 8.78 Å². The monoisotopic (exact) mass is 297 g/mol. The fourth-order valence-electron chi connectivity index (χ4n) is 2.72. The highest BCUT2D eigenvalue weighted by atomic mass is 19.1. The van der Waals surface area contributed by atoms with Gasteiger partial charge in [0.05, 0.1) is 0 Å². The summed E-state index contributed by atoms with van der Waals surface area (Å²) in [5.74, 6) is -4.17. The number of carbonyl (C=O) groups excluding carboxylic acids is 1. The van der Waals surface area contributed by atoms with Gasteiger partial charge in [0.1, 0.15) is 22.7 Å². The van der Waals surface area contributed by atoms with Gasteiger partial charge in [-0.15, -0.1) is 0 Å². The van der Waals surface area contributed by atoms with Gasteiger partial charge in [0.15, 0.2) is 0 Å². The number of hydrogen-bond acceptors (Lipinski definition) is 2. The molecule has 0 radical (unpaired) electrons. The van der Waals surface area contributed by atoms with Crippen molar-refractivity contribution in [1.29, 1.82) is 0 Å². The van der Waals surface area contributed by atoms with Crippen molar-refractivity contribution in [2.24, 2.45) is 0 Å². The average Bonchev–Trinajstić information content (AvgIpc) is 2.65. The van der Waals surface area contributed by atoms with Crippen LogP contribution in [0, 0.1) is 11.6 Å². The van der Waals surface area contributed by atoms with Crippen molar-refractivity contribution in [3.8, 4) is 0 Å². The highest BCUT2D eigenvalue weighted by molar-refractivity contribution is 5.98. The van der Waals surface area contributed by atoms with Gasteiger partial charge in [0, 0.05) is 0 Å². The highest BCUT2D eigenvalue weighted by Gasteiger charge is 2.40. The number of rotatable bonds is 3. The van der Waals surface area contributed by atoms with Crippen LogP contribution in [0.15, 0.2) is 18.2 Å². The predicted octanol–water partition coefficient (Wildman–Crippen LogP) is 2.87.